The maximum absolute atomic E-state index is 13.3. The van der Waals surface area contributed by atoms with Crippen molar-refractivity contribution < 1.29 is 19.2 Å². The first-order chi connectivity index (χ1) is 9.44. The van der Waals surface area contributed by atoms with Crippen LogP contribution in [0.1, 0.15) is 16.7 Å². The molecule has 2 aromatic carbocycles. The summed E-state index contributed by atoms with van der Waals surface area (Å²) in [6.45, 7) is 4.30. The Morgan fingerprint density at radius 3 is 2.25 bits per heavy atom. The molecule has 0 amide bonds. The highest BCUT2D eigenvalue weighted by atomic mass is 19.1. The number of aryl methyl sites for hydroxylation is 2. The normalized spacial score (nSPS) is 10.4. The number of hydrogen-bond acceptors (Lipinski definition) is 3. The van der Waals surface area contributed by atoms with Gasteiger partial charge in [-0.15, -0.1) is 0 Å². The molecular weight excluding hydrogens is 258 g/mol. The summed E-state index contributed by atoms with van der Waals surface area (Å²) in [5.41, 5.74) is 3.32. The minimum atomic E-state index is -1.71. The van der Waals surface area contributed by atoms with E-state index in [4.69, 9.17) is 14.8 Å². The van der Waals surface area contributed by atoms with Crippen molar-refractivity contribution >= 4 is 12.6 Å². The Morgan fingerprint density at radius 1 is 1.00 bits per heavy atom. The summed E-state index contributed by atoms with van der Waals surface area (Å²) >= 11 is 0. The first-order valence-corrected chi connectivity index (χ1v) is 6.30. The third-order valence-corrected chi connectivity index (χ3v) is 2.88. The van der Waals surface area contributed by atoms with Gasteiger partial charge in [0.25, 0.3) is 0 Å². The van der Waals surface area contributed by atoms with Crippen molar-refractivity contribution in [3.8, 4) is 5.75 Å². The van der Waals surface area contributed by atoms with Gasteiger partial charge in [-0.2, -0.15) is 0 Å². The van der Waals surface area contributed by atoms with E-state index in [1.807, 2.05) is 26.0 Å². The van der Waals surface area contributed by atoms with E-state index in [0.717, 1.165) is 22.8 Å². The number of benzene rings is 2. The Bertz CT molecular complexity index is 594. The van der Waals surface area contributed by atoms with Crippen molar-refractivity contribution in [2.75, 3.05) is 0 Å². The highest BCUT2D eigenvalue weighted by Crippen LogP contribution is 2.15. The number of hydrogen-bond donors (Lipinski definition) is 2. The summed E-state index contributed by atoms with van der Waals surface area (Å²) in [5.74, 6) is -0.293. The molecule has 104 valence electrons. The Kier molecular flexibility index (Phi) is 4.42. The van der Waals surface area contributed by atoms with Crippen LogP contribution >= 0.6 is 0 Å². The summed E-state index contributed by atoms with van der Waals surface area (Å²) < 4.78 is 18.9. The third kappa shape index (κ3) is 3.82. The van der Waals surface area contributed by atoms with Crippen LogP contribution in [0.3, 0.4) is 0 Å². The molecule has 0 heterocycles. The predicted molar refractivity (Wildman–Crippen MR) is 76.5 cm³/mol. The molecular formula is C15H16BFO3. The van der Waals surface area contributed by atoms with Crippen molar-refractivity contribution in [2.24, 2.45) is 0 Å². The van der Waals surface area contributed by atoms with Gasteiger partial charge in [-0.25, -0.2) is 4.39 Å². The monoisotopic (exact) mass is 274 g/mol. The predicted octanol–water partition coefficient (Wildman–Crippen LogP) is 1.70. The van der Waals surface area contributed by atoms with Crippen LogP contribution in [-0.2, 0) is 6.61 Å². The maximum Gasteiger partial charge on any atom is 0.488 e. The molecule has 0 aliphatic rings. The SMILES string of the molecule is Cc1cc(C)cc(COc2cc(F)cc(B(O)O)c2)c1. The average molecular weight is 274 g/mol. The molecule has 0 aliphatic heterocycles. The second-order valence-corrected chi connectivity index (χ2v) is 4.88. The van der Waals surface area contributed by atoms with Crippen molar-refractivity contribution in [1.29, 1.82) is 0 Å². The minimum Gasteiger partial charge on any atom is -0.489 e. The summed E-state index contributed by atoms with van der Waals surface area (Å²) in [6.07, 6.45) is 0. The average Bonchev–Trinajstić information content (AvgIpc) is 2.34. The zero-order valence-corrected chi connectivity index (χ0v) is 11.4. The first-order valence-electron chi connectivity index (χ1n) is 6.30. The standard InChI is InChI=1S/C15H16BFO3/c1-10-3-11(2)5-12(4-10)9-20-15-7-13(16(18)19)6-14(17)8-15/h3-8,18-19H,9H2,1-2H3. The van der Waals surface area contributed by atoms with Crippen LogP contribution in [-0.4, -0.2) is 17.2 Å². The molecule has 0 radical (unpaired) electrons. The fourth-order valence-electron chi connectivity index (χ4n) is 2.14. The molecule has 0 saturated carbocycles. The Hall–Kier alpha value is -1.85. The summed E-state index contributed by atoms with van der Waals surface area (Å²) in [4.78, 5) is 0. The van der Waals surface area contributed by atoms with Crippen LogP contribution < -0.4 is 10.2 Å². The minimum absolute atomic E-state index is 0.0698. The van der Waals surface area contributed by atoms with E-state index < -0.39 is 12.9 Å². The van der Waals surface area contributed by atoms with E-state index in [-0.39, 0.29) is 11.2 Å². The lowest BCUT2D eigenvalue weighted by molar-refractivity contribution is 0.304. The van der Waals surface area contributed by atoms with Crippen LogP contribution in [0.4, 0.5) is 4.39 Å². The quantitative estimate of drug-likeness (QED) is 0.834. The summed E-state index contributed by atoms with van der Waals surface area (Å²) in [5, 5.41) is 18.1. The van der Waals surface area contributed by atoms with Gasteiger partial charge in [-0.3, -0.25) is 0 Å². The van der Waals surface area contributed by atoms with Crippen LogP contribution in [0.2, 0.25) is 0 Å². The van der Waals surface area contributed by atoms with E-state index in [0.29, 0.717) is 6.61 Å². The second-order valence-electron chi connectivity index (χ2n) is 4.88. The van der Waals surface area contributed by atoms with Gasteiger partial charge in [-0.1, -0.05) is 29.3 Å². The van der Waals surface area contributed by atoms with Crippen molar-refractivity contribution in [1.82, 2.24) is 0 Å². The van der Waals surface area contributed by atoms with Gasteiger partial charge in [0.1, 0.15) is 18.2 Å². The van der Waals surface area contributed by atoms with Gasteiger partial charge in [-0.05, 0) is 37.0 Å². The topological polar surface area (TPSA) is 49.7 Å². The van der Waals surface area contributed by atoms with Crippen molar-refractivity contribution in [3.63, 3.8) is 0 Å². The lowest BCUT2D eigenvalue weighted by Gasteiger charge is -2.10. The zero-order valence-electron chi connectivity index (χ0n) is 11.4. The molecule has 3 nitrogen and oxygen atoms in total. The fourth-order valence-corrected chi connectivity index (χ4v) is 2.14. The number of halogens is 1. The van der Waals surface area contributed by atoms with E-state index >= 15 is 0 Å². The largest absolute Gasteiger partial charge is 0.489 e. The lowest BCUT2D eigenvalue weighted by atomic mass is 9.80. The Labute approximate surface area is 117 Å². The van der Waals surface area contributed by atoms with Crippen molar-refractivity contribution in [3.05, 3.63) is 58.9 Å². The highest BCUT2D eigenvalue weighted by Gasteiger charge is 2.13. The van der Waals surface area contributed by atoms with Gasteiger partial charge < -0.3 is 14.8 Å². The van der Waals surface area contributed by atoms with Crippen LogP contribution in [0.25, 0.3) is 0 Å². The Balaban J connectivity index is 2.14. The molecule has 5 heteroatoms. The smallest absolute Gasteiger partial charge is 0.488 e. The number of rotatable bonds is 4. The van der Waals surface area contributed by atoms with Crippen LogP contribution in [0.15, 0.2) is 36.4 Å². The molecule has 0 unspecified atom stereocenters. The molecule has 0 atom stereocenters. The molecule has 0 aliphatic carbocycles. The van der Waals surface area contributed by atoms with Crippen LogP contribution in [0.5, 0.6) is 5.75 Å². The lowest BCUT2D eigenvalue weighted by Crippen LogP contribution is -2.30. The van der Waals surface area contributed by atoms with E-state index in [1.165, 1.54) is 12.1 Å². The van der Waals surface area contributed by atoms with E-state index in [1.54, 1.807) is 0 Å². The Morgan fingerprint density at radius 2 is 1.65 bits per heavy atom. The first kappa shape index (κ1) is 14.6. The maximum atomic E-state index is 13.3. The highest BCUT2D eigenvalue weighted by molar-refractivity contribution is 6.58. The van der Waals surface area contributed by atoms with Gasteiger partial charge >= 0.3 is 7.12 Å². The zero-order chi connectivity index (χ0) is 14.7. The molecule has 2 aromatic rings. The van der Waals surface area contributed by atoms with E-state index in [9.17, 15) is 4.39 Å². The van der Waals surface area contributed by atoms with Gasteiger partial charge in [0, 0.05) is 6.07 Å². The molecule has 0 fully saturated rings. The van der Waals surface area contributed by atoms with Gasteiger partial charge in [0.15, 0.2) is 0 Å². The molecule has 2 rings (SSSR count). The van der Waals surface area contributed by atoms with Crippen LogP contribution in [0, 0.1) is 19.7 Å². The molecule has 0 spiro atoms. The summed E-state index contributed by atoms with van der Waals surface area (Å²) in [7, 11) is -1.71. The van der Waals surface area contributed by atoms with Gasteiger partial charge in [0.05, 0.1) is 0 Å². The number of ether oxygens (including phenoxy) is 1. The van der Waals surface area contributed by atoms with Gasteiger partial charge in [0.2, 0.25) is 0 Å². The molecule has 0 aromatic heterocycles. The fraction of sp³-hybridized carbons (Fsp3) is 0.200. The molecule has 2 N–H and O–H groups in total. The second kappa shape index (κ2) is 6.07. The van der Waals surface area contributed by atoms with Crippen molar-refractivity contribution in [2.45, 2.75) is 20.5 Å². The van der Waals surface area contributed by atoms with E-state index in [2.05, 4.69) is 6.07 Å². The molecule has 0 bridgehead atoms. The summed E-state index contributed by atoms with van der Waals surface area (Å²) in [6, 6.07) is 9.74. The molecule has 20 heavy (non-hydrogen) atoms. The third-order valence-electron chi connectivity index (χ3n) is 2.88. The molecule has 0 saturated heterocycles.